The number of hydrogen-bond acceptors (Lipinski definition) is 7. The van der Waals surface area contributed by atoms with Crippen LogP contribution in [0.2, 0.25) is 0 Å². The van der Waals surface area contributed by atoms with Crippen LogP contribution in [-0.4, -0.2) is 0 Å². The summed E-state index contributed by atoms with van der Waals surface area (Å²) >= 11 is 0. The van der Waals surface area contributed by atoms with Gasteiger partial charge in [0.25, 0.3) is 0 Å². The molecule has 3 aliphatic heterocycles. The maximum Gasteiger partial charge on any atom is 0.157 e. The maximum atomic E-state index is 7.09. The summed E-state index contributed by atoms with van der Waals surface area (Å²) in [6, 6.07) is 75.0. The van der Waals surface area contributed by atoms with Crippen LogP contribution in [-0.2, 0) is 0 Å². The van der Waals surface area contributed by atoms with Crippen molar-refractivity contribution in [1.82, 2.24) is 0 Å². The molecule has 0 unspecified atom stereocenters. The topological polar surface area (TPSA) is 40.7 Å². The zero-order chi connectivity index (χ0) is 40.3. The highest BCUT2D eigenvalue weighted by molar-refractivity contribution is 6.03. The van der Waals surface area contributed by atoms with Gasteiger partial charge in [0.05, 0.1) is 17.1 Å². The Kier molecular flexibility index (Phi) is 8.03. The molecular formula is C54H36N4O3. The largest absolute Gasteiger partial charge is 0.452 e. The number of hydrogen-bond donors (Lipinski definition) is 0. The fourth-order valence-corrected chi connectivity index (χ4v) is 8.72. The second-order valence-corrected chi connectivity index (χ2v) is 15.0. The number of nitrogens with zero attached hydrogens (tertiary/aromatic N) is 4. The lowest BCUT2D eigenvalue weighted by atomic mass is 10.0. The van der Waals surface area contributed by atoms with Crippen molar-refractivity contribution >= 4 is 68.2 Å². The van der Waals surface area contributed by atoms with E-state index in [2.05, 4.69) is 202 Å². The Hall–Kier alpha value is -8.42. The van der Waals surface area contributed by atoms with E-state index in [-0.39, 0.29) is 0 Å². The summed E-state index contributed by atoms with van der Waals surface area (Å²) in [5.74, 6) is 4.02. The van der Waals surface area contributed by atoms with Crippen molar-refractivity contribution in [1.29, 1.82) is 0 Å². The summed E-state index contributed by atoms with van der Waals surface area (Å²) in [5.41, 5.74) is 11.2. The Bertz CT molecular complexity index is 2540. The molecule has 9 aromatic rings. The standard InChI is InChI=1S/C54H36N4O3/c1-7-19-37(20-8-1)55(38-21-9-2-10-22-38)43-31-46-52-47(32-43)60-49-34-45(57(41-27-15-5-16-28-41)42-29-17-6-18-30-42)36-51-54(49)58(52)53-48(59-46)33-44(35-50(53)61-51)56(39-23-11-3-12-24-39)40-25-13-4-14-26-40/h1-36H. The fourth-order valence-electron chi connectivity index (χ4n) is 8.72. The molecule has 0 bridgehead atoms. The molecule has 0 spiro atoms. The normalized spacial score (nSPS) is 12.3. The molecular weight excluding hydrogens is 753 g/mol. The van der Waals surface area contributed by atoms with Gasteiger partial charge in [-0.05, 0) is 72.8 Å². The summed E-state index contributed by atoms with van der Waals surface area (Å²) in [6.07, 6.45) is 0. The molecule has 0 saturated heterocycles. The first-order valence-corrected chi connectivity index (χ1v) is 20.3. The highest BCUT2D eigenvalue weighted by atomic mass is 16.5. The predicted octanol–water partition coefficient (Wildman–Crippen LogP) is 15.9. The van der Waals surface area contributed by atoms with Crippen molar-refractivity contribution in [3.05, 3.63) is 218 Å². The third kappa shape index (κ3) is 5.82. The van der Waals surface area contributed by atoms with Gasteiger partial charge in [-0.1, -0.05) is 109 Å². The Labute approximate surface area is 353 Å². The van der Waals surface area contributed by atoms with Crippen molar-refractivity contribution in [3.63, 3.8) is 0 Å². The molecule has 0 saturated carbocycles. The van der Waals surface area contributed by atoms with E-state index in [1.165, 1.54) is 0 Å². The van der Waals surface area contributed by atoms with Crippen LogP contribution in [0.15, 0.2) is 218 Å². The Morgan fingerprint density at radius 3 is 0.590 bits per heavy atom. The number of benzene rings is 9. The predicted molar refractivity (Wildman–Crippen MR) is 245 cm³/mol. The third-order valence-corrected chi connectivity index (χ3v) is 11.3. The SMILES string of the molecule is c1ccc(N(c2ccccc2)c2cc3c4c(c2)Oc2cc(N(c5ccccc5)c5ccccc5)cc5c2N4c2c(cc(N(c4ccccc4)c4ccccc4)cc2O5)O3)cc1. The molecule has 3 aliphatic rings. The zero-order valence-corrected chi connectivity index (χ0v) is 32.8. The lowest BCUT2D eigenvalue weighted by Crippen LogP contribution is -2.25. The summed E-state index contributed by atoms with van der Waals surface area (Å²) < 4.78 is 21.3. The van der Waals surface area contributed by atoms with Crippen LogP contribution >= 0.6 is 0 Å². The smallest absolute Gasteiger partial charge is 0.157 e. The van der Waals surface area contributed by atoms with Gasteiger partial charge in [-0.25, -0.2) is 0 Å². The van der Waals surface area contributed by atoms with Crippen molar-refractivity contribution in [3.8, 4) is 34.5 Å². The van der Waals surface area contributed by atoms with E-state index in [1.807, 2.05) is 36.4 Å². The average molecular weight is 789 g/mol. The molecule has 7 nitrogen and oxygen atoms in total. The molecule has 7 heteroatoms. The van der Waals surface area contributed by atoms with E-state index < -0.39 is 0 Å². The molecule has 290 valence electrons. The van der Waals surface area contributed by atoms with E-state index in [0.717, 1.165) is 68.2 Å². The number of anilines is 12. The highest BCUT2D eigenvalue weighted by Crippen LogP contribution is 2.69. The first kappa shape index (κ1) is 34.6. The molecule has 0 aromatic heterocycles. The Morgan fingerprint density at radius 1 is 0.230 bits per heavy atom. The highest BCUT2D eigenvalue weighted by Gasteiger charge is 2.43. The molecule has 0 atom stereocenters. The molecule has 0 fully saturated rings. The lowest BCUT2D eigenvalue weighted by Gasteiger charge is -2.43. The van der Waals surface area contributed by atoms with E-state index >= 15 is 0 Å². The molecule has 0 N–H and O–H groups in total. The average Bonchev–Trinajstić information content (AvgIpc) is 3.31. The molecule has 12 rings (SSSR count). The van der Waals surface area contributed by atoms with Crippen LogP contribution in [0.25, 0.3) is 0 Å². The van der Waals surface area contributed by atoms with Crippen LogP contribution < -0.4 is 33.8 Å². The second-order valence-electron chi connectivity index (χ2n) is 15.0. The molecule has 0 radical (unpaired) electrons. The molecule has 61 heavy (non-hydrogen) atoms. The van der Waals surface area contributed by atoms with Gasteiger partial charge in [-0.2, -0.15) is 0 Å². The molecule has 9 aromatic carbocycles. The minimum Gasteiger partial charge on any atom is -0.452 e. The molecule has 0 amide bonds. The van der Waals surface area contributed by atoms with E-state index in [0.29, 0.717) is 34.5 Å². The molecule has 0 aliphatic carbocycles. The van der Waals surface area contributed by atoms with Crippen LogP contribution in [0.4, 0.5) is 68.2 Å². The minimum atomic E-state index is 0.670. The van der Waals surface area contributed by atoms with Crippen LogP contribution in [0, 0.1) is 0 Å². The zero-order valence-electron chi connectivity index (χ0n) is 32.8. The number of ether oxygens (including phenoxy) is 3. The van der Waals surface area contributed by atoms with Gasteiger partial charge >= 0.3 is 0 Å². The Balaban J connectivity index is 1.10. The van der Waals surface area contributed by atoms with Crippen molar-refractivity contribution in [2.75, 3.05) is 19.6 Å². The fraction of sp³-hybridized carbons (Fsp3) is 0. The van der Waals surface area contributed by atoms with E-state index in [9.17, 15) is 0 Å². The van der Waals surface area contributed by atoms with E-state index in [1.54, 1.807) is 0 Å². The number of para-hydroxylation sites is 6. The summed E-state index contributed by atoms with van der Waals surface area (Å²) in [4.78, 5) is 8.97. The van der Waals surface area contributed by atoms with Gasteiger partial charge in [0.1, 0.15) is 17.1 Å². The van der Waals surface area contributed by atoms with Gasteiger partial charge in [-0.3, -0.25) is 4.90 Å². The number of rotatable bonds is 9. The first-order chi connectivity index (χ1) is 30.2. The first-order valence-electron chi connectivity index (χ1n) is 20.3. The van der Waals surface area contributed by atoms with Crippen LogP contribution in [0.5, 0.6) is 34.5 Å². The summed E-state index contributed by atoms with van der Waals surface area (Å²) in [6.45, 7) is 0. The third-order valence-electron chi connectivity index (χ3n) is 11.3. The van der Waals surface area contributed by atoms with Gasteiger partial charge in [0, 0.05) is 70.5 Å². The van der Waals surface area contributed by atoms with Crippen molar-refractivity contribution < 1.29 is 14.2 Å². The van der Waals surface area contributed by atoms with Crippen molar-refractivity contribution in [2.24, 2.45) is 0 Å². The summed E-state index contributed by atoms with van der Waals surface area (Å²) in [5, 5.41) is 0. The maximum absolute atomic E-state index is 7.09. The van der Waals surface area contributed by atoms with Crippen LogP contribution in [0.1, 0.15) is 0 Å². The minimum absolute atomic E-state index is 0.670. The second kappa shape index (κ2) is 14.1. The van der Waals surface area contributed by atoms with Crippen LogP contribution in [0.3, 0.4) is 0 Å². The van der Waals surface area contributed by atoms with Gasteiger partial charge < -0.3 is 28.9 Å². The van der Waals surface area contributed by atoms with Gasteiger partial charge in [0.2, 0.25) is 0 Å². The van der Waals surface area contributed by atoms with E-state index in [4.69, 9.17) is 14.2 Å². The van der Waals surface area contributed by atoms with Gasteiger partial charge in [-0.15, -0.1) is 0 Å². The van der Waals surface area contributed by atoms with Crippen molar-refractivity contribution in [2.45, 2.75) is 0 Å². The lowest BCUT2D eigenvalue weighted by molar-refractivity contribution is 0.418. The molecule has 3 heterocycles. The monoisotopic (exact) mass is 788 g/mol. The quantitative estimate of drug-likeness (QED) is 0.144. The van der Waals surface area contributed by atoms with Gasteiger partial charge in [0.15, 0.2) is 34.5 Å². The Morgan fingerprint density at radius 2 is 0.410 bits per heavy atom. The summed E-state index contributed by atoms with van der Waals surface area (Å²) in [7, 11) is 0.